The first-order valence-electron chi connectivity index (χ1n) is 5.47. The van der Waals surface area contributed by atoms with E-state index in [0.717, 1.165) is 5.56 Å². The smallest absolute Gasteiger partial charge is 0.330 e. The lowest BCUT2D eigenvalue weighted by Gasteiger charge is -2.19. The zero-order valence-corrected chi connectivity index (χ0v) is 11.2. The Morgan fingerprint density at radius 1 is 1.17 bits per heavy atom. The lowest BCUT2D eigenvalue weighted by Crippen LogP contribution is -2.10. The Morgan fingerprint density at radius 2 is 1.61 bits per heavy atom. The van der Waals surface area contributed by atoms with E-state index in [1.54, 1.807) is 6.07 Å². The van der Waals surface area contributed by atoms with Crippen LogP contribution in [0, 0.1) is 0 Å². The van der Waals surface area contributed by atoms with E-state index in [2.05, 4.69) is 27.4 Å². The fraction of sp³-hybridized carbons (Fsp3) is 0.357. The number of rotatable bonds is 1. The first kappa shape index (κ1) is 16.0. The standard InChI is InChI=1S/C10H14O2.C4H6O2/c1-10(2,3)7-4-5-8(11)9(12)6-7;1-3(2)4(5)6/h4-6,11-12H,1-3H3;1H2,2H3,(H,5,6). The minimum absolute atomic E-state index is 0.00514. The van der Waals surface area contributed by atoms with Gasteiger partial charge in [-0.1, -0.05) is 33.4 Å². The maximum Gasteiger partial charge on any atom is 0.330 e. The molecule has 0 radical (unpaired) electrons. The third kappa shape index (κ3) is 5.39. The molecule has 4 nitrogen and oxygen atoms in total. The van der Waals surface area contributed by atoms with E-state index in [1.807, 2.05) is 6.07 Å². The van der Waals surface area contributed by atoms with Gasteiger partial charge in [0, 0.05) is 5.57 Å². The van der Waals surface area contributed by atoms with Crippen LogP contribution in [0.15, 0.2) is 30.4 Å². The van der Waals surface area contributed by atoms with Crippen molar-refractivity contribution in [2.24, 2.45) is 0 Å². The molecule has 4 heteroatoms. The highest BCUT2D eigenvalue weighted by Gasteiger charge is 2.14. The van der Waals surface area contributed by atoms with Crippen LogP contribution in [-0.2, 0) is 10.2 Å². The molecule has 100 valence electrons. The van der Waals surface area contributed by atoms with Gasteiger partial charge in [0.2, 0.25) is 0 Å². The number of hydrogen-bond donors (Lipinski definition) is 3. The van der Waals surface area contributed by atoms with Crippen molar-refractivity contribution in [3.63, 3.8) is 0 Å². The fourth-order valence-corrected chi connectivity index (χ4v) is 0.990. The highest BCUT2D eigenvalue weighted by molar-refractivity contribution is 5.84. The van der Waals surface area contributed by atoms with Crippen molar-refractivity contribution < 1.29 is 20.1 Å². The summed E-state index contributed by atoms with van der Waals surface area (Å²) in [7, 11) is 0. The molecule has 0 aliphatic carbocycles. The Labute approximate surface area is 107 Å². The molecule has 18 heavy (non-hydrogen) atoms. The van der Waals surface area contributed by atoms with Crippen molar-refractivity contribution in [1.82, 2.24) is 0 Å². The van der Waals surface area contributed by atoms with Crippen molar-refractivity contribution in [1.29, 1.82) is 0 Å². The molecule has 0 aromatic heterocycles. The largest absolute Gasteiger partial charge is 0.504 e. The Balaban J connectivity index is 0.000000411. The zero-order valence-electron chi connectivity index (χ0n) is 11.2. The summed E-state index contributed by atoms with van der Waals surface area (Å²) in [6, 6.07) is 4.92. The van der Waals surface area contributed by atoms with Crippen LogP contribution in [0.25, 0.3) is 0 Å². The minimum Gasteiger partial charge on any atom is -0.504 e. The third-order valence-corrected chi connectivity index (χ3v) is 2.21. The molecule has 0 bridgehead atoms. The molecule has 3 N–H and O–H groups in total. The maximum absolute atomic E-state index is 9.60. The zero-order chi connectivity index (χ0) is 14.5. The first-order chi connectivity index (χ1) is 8.05. The van der Waals surface area contributed by atoms with Gasteiger partial charge in [0.25, 0.3) is 0 Å². The summed E-state index contributed by atoms with van der Waals surface area (Å²) in [4.78, 5) is 9.60. The second kappa shape index (κ2) is 6.10. The van der Waals surface area contributed by atoms with Crippen LogP contribution in [-0.4, -0.2) is 21.3 Å². The predicted octanol–water partition coefficient (Wildman–Crippen LogP) is 3.04. The SMILES string of the molecule is C=C(C)C(=O)O.CC(C)(C)c1ccc(O)c(O)c1. The second-order valence-corrected chi connectivity index (χ2v) is 5.04. The quantitative estimate of drug-likeness (QED) is 0.530. The number of benzene rings is 1. The van der Waals surface area contributed by atoms with Gasteiger partial charge in [0.1, 0.15) is 0 Å². The van der Waals surface area contributed by atoms with E-state index in [0.29, 0.717) is 0 Å². The number of carbonyl (C=O) groups is 1. The van der Waals surface area contributed by atoms with Crippen molar-refractivity contribution >= 4 is 5.97 Å². The van der Waals surface area contributed by atoms with E-state index >= 15 is 0 Å². The Kier molecular flexibility index (Phi) is 5.43. The molecular weight excluding hydrogens is 232 g/mol. The van der Waals surface area contributed by atoms with Crippen molar-refractivity contribution in [2.45, 2.75) is 33.1 Å². The number of hydrogen-bond acceptors (Lipinski definition) is 3. The van der Waals surface area contributed by atoms with Crippen molar-refractivity contribution in [3.8, 4) is 11.5 Å². The second-order valence-electron chi connectivity index (χ2n) is 5.04. The molecule has 1 rings (SSSR count). The predicted molar refractivity (Wildman–Crippen MR) is 70.9 cm³/mol. The number of phenols is 2. The third-order valence-electron chi connectivity index (χ3n) is 2.21. The van der Waals surface area contributed by atoms with Gasteiger partial charge in [-0.25, -0.2) is 4.79 Å². The molecule has 0 heterocycles. The summed E-state index contributed by atoms with van der Waals surface area (Å²) in [6.45, 7) is 10.8. The van der Waals surface area contributed by atoms with Gasteiger partial charge in [0.05, 0.1) is 0 Å². The van der Waals surface area contributed by atoms with Crippen LogP contribution in [0.3, 0.4) is 0 Å². The van der Waals surface area contributed by atoms with Gasteiger partial charge in [-0.3, -0.25) is 0 Å². The molecule has 1 aromatic rings. The lowest BCUT2D eigenvalue weighted by molar-refractivity contribution is -0.132. The number of aliphatic carboxylic acids is 1. The van der Waals surface area contributed by atoms with Crippen LogP contribution in [0.2, 0.25) is 0 Å². The van der Waals surface area contributed by atoms with Crippen LogP contribution < -0.4 is 0 Å². The van der Waals surface area contributed by atoms with Crippen molar-refractivity contribution in [3.05, 3.63) is 35.9 Å². The lowest BCUT2D eigenvalue weighted by atomic mass is 9.87. The molecule has 0 spiro atoms. The summed E-state index contributed by atoms with van der Waals surface area (Å²) in [6.07, 6.45) is 0. The van der Waals surface area contributed by atoms with Gasteiger partial charge in [-0.2, -0.15) is 0 Å². The van der Waals surface area contributed by atoms with Gasteiger partial charge >= 0.3 is 5.97 Å². The van der Waals surface area contributed by atoms with Gasteiger partial charge in [-0.15, -0.1) is 0 Å². The van der Waals surface area contributed by atoms with Gasteiger partial charge in [0.15, 0.2) is 11.5 Å². The molecule has 0 aliphatic rings. The normalized spacial score (nSPS) is 10.2. The molecule has 0 amide bonds. The Hall–Kier alpha value is -1.97. The molecule has 0 fully saturated rings. The van der Waals surface area contributed by atoms with Crippen LogP contribution in [0.5, 0.6) is 11.5 Å². The molecule has 1 aromatic carbocycles. The van der Waals surface area contributed by atoms with Gasteiger partial charge in [-0.05, 0) is 30.0 Å². The first-order valence-corrected chi connectivity index (χ1v) is 5.47. The summed E-state index contributed by atoms with van der Waals surface area (Å²) < 4.78 is 0. The topological polar surface area (TPSA) is 77.8 Å². The average molecular weight is 252 g/mol. The van der Waals surface area contributed by atoms with E-state index in [9.17, 15) is 9.90 Å². The van der Waals surface area contributed by atoms with E-state index < -0.39 is 5.97 Å². The summed E-state index contributed by atoms with van der Waals surface area (Å²) >= 11 is 0. The maximum atomic E-state index is 9.60. The van der Waals surface area contributed by atoms with E-state index in [-0.39, 0.29) is 22.5 Å². The Morgan fingerprint density at radius 3 is 1.89 bits per heavy atom. The highest BCUT2D eigenvalue weighted by atomic mass is 16.4. The van der Waals surface area contributed by atoms with Crippen LogP contribution in [0.4, 0.5) is 0 Å². The Bertz CT molecular complexity index is 430. The molecule has 0 unspecified atom stereocenters. The number of carboxylic acids is 1. The highest BCUT2D eigenvalue weighted by Crippen LogP contribution is 2.30. The van der Waals surface area contributed by atoms with Crippen molar-refractivity contribution in [2.75, 3.05) is 0 Å². The molecular formula is C14H20O4. The molecule has 0 atom stereocenters. The van der Waals surface area contributed by atoms with E-state index in [1.165, 1.54) is 13.0 Å². The summed E-state index contributed by atoms with van der Waals surface area (Å²) in [5.41, 5.74) is 1.19. The molecule has 0 saturated carbocycles. The minimum atomic E-state index is -0.935. The average Bonchev–Trinajstić information content (AvgIpc) is 2.21. The van der Waals surface area contributed by atoms with Crippen LogP contribution in [0.1, 0.15) is 33.3 Å². The van der Waals surface area contributed by atoms with Gasteiger partial charge < -0.3 is 15.3 Å². The number of carboxylic acid groups (broad SMARTS) is 1. The van der Waals surface area contributed by atoms with Crippen LogP contribution >= 0.6 is 0 Å². The summed E-state index contributed by atoms with van der Waals surface area (Å²) in [5.74, 6) is -1.06. The monoisotopic (exact) mass is 252 g/mol. The summed E-state index contributed by atoms with van der Waals surface area (Å²) in [5, 5.41) is 26.2. The number of phenolic OH excluding ortho intramolecular Hbond substituents is 2. The molecule has 0 aliphatic heterocycles. The molecule has 0 saturated heterocycles. The van der Waals surface area contributed by atoms with E-state index in [4.69, 9.17) is 10.2 Å². The number of aromatic hydroxyl groups is 2. The fourth-order valence-electron chi connectivity index (χ4n) is 0.990.